The van der Waals surface area contributed by atoms with Crippen molar-refractivity contribution in [2.45, 2.75) is 38.5 Å². The second-order valence-corrected chi connectivity index (χ2v) is 4.02. The van der Waals surface area contributed by atoms with Crippen LogP contribution in [0.1, 0.15) is 38.5 Å². The number of hydrogen-bond donors (Lipinski definition) is 0. The quantitative estimate of drug-likeness (QED) is 0.623. The second-order valence-electron chi connectivity index (χ2n) is 4.02. The lowest BCUT2D eigenvalue weighted by Crippen LogP contribution is -2.13. The molecule has 1 aliphatic rings. The van der Waals surface area contributed by atoms with E-state index in [1.54, 1.807) is 0 Å². The number of carbonyl (C=O) groups excluding carboxylic acids is 2. The van der Waals surface area contributed by atoms with Gasteiger partial charge in [0.15, 0.2) is 0 Å². The maximum Gasteiger partial charge on any atom is 0.508 e. The van der Waals surface area contributed by atoms with Crippen molar-refractivity contribution in [3.63, 3.8) is 0 Å². The van der Waals surface area contributed by atoms with Crippen LogP contribution in [0.5, 0.6) is 0 Å². The molecule has 1 rings (SSSR count). The summed E-state index contributed by atoms with van der Waals surface area (Å²) in [4.78, 5) is 22.1. The maximum atomic E-state index is 11.1. The van der Waals surface area contributed by atoms with E-state index in [4.69, 9.17) is 18.9 Å². The molecule has 0 aromatic rings. The molecular formula is C12H20O6. The first kappa shape index (κ1) is 14.6. The van der Waals surface area contributed by atoms with E-state index in [0.29, 0.717) is 19.6 Å². The third kappa shape index (κ3) is 7.76. The topological polar surface area (TPSA) is 71.1 Å². The van der Waals surface area contributed by atoms with Crippen molar-refractivity contribution < 1.29 is 28.5 Å². The summed E-state index contributed by atoms with van der Waals surface area (Å²) in [7, 11) is 0. The summed E-state index contributed by atoms with van der Waals surface area (Å²) < 4.78 is 19.3. The van der Waals surface area contributed by atoms with Gasteiger partial charge in [0.05, 0.1) is 26.4 Å². The first-order chi connectivity index (χ1) is 8.79. The van der Waals surface area contributed by atoms with Crippen molar-refractivity contribution >= 4 is 12.3 Å². The number of rotatable bonds is 0. The van der Waals surface area contributed by atoms with E-state index < -0.39 is 12.3 Å². The molecule has 0 unspecified atom stereocenters. The second kappa shape index (κ2) is 9.56. The lowest BCUT2D eigenvalue weighted by atomic mass is 10.1. The summed E-state index contributed by atoms with van der Waals surface area (Å²) in [6, 6.07) is 0. The number of hydrogen-bond acceptors (Lipinski definition) is 6. The molecule has 0 atom stereocenters. The highest BCUT2D eigenvalue weighted by Crippen LogP contribution is 2.05. The summed E-state index contributed by atoms with van der Waals surface area (Å²) in [5.74, 6) is 0. The zero-order valence-electron chi connectivity index (χ0n) is 10.5. The molecule has 0 bridgehead atoms. The molecule has 0 aliphatic carbocycles. The molecule has 1 fully saturated rings. The van der Waals surface area contributed by atoms with Crippen molar-refractivity contribution in [1.29, 1.82) is 0 Å². The predicted molar refractivity (Wildman–Crippen MR) is 62.3 cm³/mol. The minimum absolute atomic E-state index is 0.173. The van der Waals surface area contributed by atoms with Gasteiger partial charge in [-0.2, -0.15) is 0 Å². The van der Waals surface area contributed by atoms with Gasteiger partial charge >= 0.3 is 12.3 Å². The van der Waals surface area contributed by atoms with E-state index >= 15 is 0 Å². The van der Waals surface area contributed by atoms with Crippen LogP contribution in [0.2, 0.25) is 0 Å². The Hall–Kier alpha value is -1.46. The van der Waals surface area contributed by atoms with Crippen LogP contribution in [-0.4, -0.2) is 38.7 Å². The van der Waals surface area contributed by atoms with Gasteiger partial charge in [-0.1, -0.05) is 19.3 Å². The number of carbonyl (C=O) groups is 2. The zero-order valence-corrected chi connectivity index (χ0v) is 10.5. The van der Waals surface area contributed by atoms with Crippen LogP contribution in [0.15, 0.2) is 0 Å². The third-order valence-electron chi connectivity index (χ3n) is 2.46. The highest BCUT2D eigenvalue weighted by Gasteiger charge is 2.06. The van der Waals surface area contributed by atoms with Gasteiger partial charge < -0.3 is 18.9 Å². The lowest BCUT2D eigenvalue weighted by Gasteiger charge is -2.09. The lowest BCUT2D eigenvalue weighted by molar-refractivity contribution is 0.0349. The molecule has 104 valence electrons. The highest BCUT2D eigenvalue weighted by molar-refractivity contribution is 5.60. The normalized spacial score (nSPS) is 21.1. The van der Waals surface area contributed by atoms with E-state index in [0.717, 1.165) is 32.1 Å². The summed E-state index contributed by atoms with van der Waals surface area (Å²) >= 11 is 0. The van der Waals surface area contributed by atoms with Crippen LogP contribution < -0.4 is 0 Å². The Morgan fingerprint density at radius 3 is 1.28 bits per heavy atom. The van der Waals surface area contributed by atoms with Crippen molar-refractivity contribution in [1.82, 2.24) is 0 Å². The van der Waals surface area contributed by atoms with Crippen molar-refractivity contribution in [3.05, 3.63) is 0 Å². The molecule has 0 saturated carbocycles. The van der Waals surface area contributed by atoms with Crippen LogP contribution >= 0.6 is 0 Å². The van der Waals surface area contributed by atoms with Gasteiger partial charge in [0, 0.05) is 6.42 Å². The Bertz CT molecular complexity index is 229. The van der Waals surface area contributed by atoms with E-state index in [-0.39, 0.29) is 13.2 Å². The molecule has 6 heteroatoms. The fourth-order valence-corrected chi connectivity index (χ4v) is 1.50. The third-order valence-corrected chi connectivity index (χ3v) is 2.46. The van der Waals surface area contributed by atoms with Gasteiger partial charge in [-0.25, -0.2) is 9.59 Å². The Morgan fingerprint density at radius 1 is 0.500 bits per heavy atom. The molecule has 18 heavy (non-hydrogen) atoms. The SMILES string of the molecule is O=C1OCCCCCCCOC(=O)OCCCO1. The first-order valence-corrected chi connectivity index (χ1v) is 6.38. The van der Waals surface area contributed by atoms with Crippen LogP contribution in [0.25, 0.3) is 0 Å². The van der Waals surface area contributed by atoms with E-state index in [2.05, 4.69) is 0 Å². The van der Waals surface area contributed by atoms with Crippen molar-refractivity contribution in [3.8, 4) is 0 Å². The molecular weight excluding hydrogens is 240 g/mol. The fourth-order valence-electron chi connectivity index (χ4n) is 1.50. The molecule has 0 N–H and O–H groups in total. The van der Waals surface area contributed by atoms with Gasteiger partial charge in [-0.3, -0.25) is 0 Å². The highest BCUT2D eigenvalue weighted by atomic mass is 16.7. The predicted octanol–water partition coefficient (Wildman–Crippen LogP) is 2.65. The first-order valence-electron chi connectivity index (χ1n) is 6.38. The Labute approximate surface area is 107 Å². The number of ether oxygens (including phenoxy) is 4. The minimum Gasteiger partial charge on any atom is -0.434 e. The minimum atomic E-state index is -0.662. The monoisotopic (exact) mass is 260 g/mol. The molecule has 0 spiro atoms. The Morgan fingerprint density at radius 2 is 0.833 bits per heavy atom. The van der Waals surface area contributed by atoms with Crippen LogP contribution in [0, 0.1) is 0 Å². The van der Waals surface area contributed by atoms with Crippen LogP contribution in [0.4, 0.5) is 9.59 Å². The molecule has 0 aromatic heterocycles. The van der Waals surface area contributed by atoms with Gasteiger partial charge in [0.2, 0.25) is 0 Å². The molecule has 0 radical (unpaired) electrons. The molecule has 6 nitrogen and oxygen atoms in total. The summed E-state index contributed by atoms with van der Waals surface area (Å²) in [6.07, 6.45) is 3.77. The molecule has 1 heterocycles. The van der Waals surface area contributed by atoms with Gasteiger partial charge in [-0.15, -0.1) is 0 Å². The molecule has 0 amide bonds. The van der Waals surface area contributed by atoms with Crippen LogP contribution in [0.3, 0.4) is 0 Å². The molecule has 0 aromatic carbocycles. The summed E-state index contributed by atoms with van der Waals surface area (Å²) in [6.45, 7) is 1.13. The maximum absolute atomic E-state index is 11.1. The van der Waals surface area contributed by atoms with Gasteiger partial charge in [0.25, 0.3) is 0 Å². The Kier molecular flexibility index (Phi) is 7.75. The Balaban J connectivity index is 2.21. The molecule has 1 saturated heterocycles. The van der Waals surface area contributed by atoms with Crippen molar-refractivity contribution in [2.75, 3.05) is 26.4 Å². The van der Waals surface area contributed by atoms with E-state index in [1.807, 2.05) is 0 Å². The smallest absolute Gasteiger partial charge is 0.434 e. The fraction of sp³-hybridized carbons (Fsp3) is 0.833. The largest absolute Gasteiger partial charge is 0.508 e. The van der Waals surface area contributed by atoms with Crippen LogP contribution in [-0.2, 0) is 18.9 Å². The standard InChI is InChI=1S/C12H20O6/c13-11-15-7-4-2-1-3-5-8-16-12(14)18-10-6-9-17-11/h1-10H2. The number of cyclic esters (lactones) is 4. The van der Waals surface area contributed by atoms with Gasteiger partial charge in [0.1, 0.15) is 0 Å². The molecule has 1 aliphatic heterocycles. The average Bonchev–Trinajstić information content (AvgIpc) is 2.35. The zero-order chi connectivity index (χ0) is 13.1. The average molecular weight is 260 g/mol. The van der Waals surface area contributed by atoms with E-state index in [1.165, 1.54) is 0 Å². The summed E-state index contributed by atoms with van der Waals surface area (Å²) in [5, 5.41) is 0. The summed E-state index contributed by atoms with van der Waals surface area (Å²) in [5.41, 5.74) is 0. The van der Waals surface area contributed by atoms with E-state index in [9.17, 15) is 9.59 Å². The van der Waals surface area contributed by atoms with Crippen molar-refractivity contribution in [2.24, 2.45) is 0 Å². The van der Waals surface area contributed by atoms with Gasteiger partial charge in [-0.05, 0) is 12.8 Å².